The molecule has 1 heterocycles. The van der Waals surface area contributed by atoms with E-state index in [0.717, 1.165) is 30.3 Å². The smallest absolute Gasteiger partial charge is 0.154 e. The van der Waals surface area contributed by atoms with Gasteiger partial charge in [-0.05, 0) is 82.0 Å². The summed E-state index contributed by atoms with van der Waals surface area (Å²) in [5, 5.41) is 2.42. The number of nitrogens with zero attached hydrogens (tertiary/aromatic N) is 1. The van der Waals surface area contributed by atoms with Crippen molar-refractivity contribution in [1.82, 2.24) is 0 Å². The molecule has 0 spiro atoms. The van der Waals surface area contributed by atoms with E-state index in [9.17, 15) is 0 Å². The lowest BCUT2D eigenvalue weighted by Gasteiger charge is -2.40. The Bertz CT molecular complexity index is 2490. The molecule has 10 rings (SSSR count). The van der Waals surface area contributed by atoms with Gasteiger partial charge in [0.15, 0.2) is 5.42 Å². The van der Waals surface area contributed by atoms with Crippen LogP contribution in [-0.2, 0) is 5.41 Å². The van der Waals surface area contributed by atoms with Crippen molar-refractivity contribution in [3.63, 3.8) is 0 Å². The topological polar surface area (TPSA) is 16.4 Å². The van der Waals surface area contributed by atoms with E-state index in [-0.39, 0.29) is 6.04 Å². The van der Waals surface area contributed by atoms with Crippen molar-refractivity contribution >= 4 is 34.0 Å². The van der Waals surface area contributed by atoms with Gasteiger partial charge in [-0.2, -0.15) is 0 Å². The number of para-hydroxylation sites is 2. The van der Waals surface area contributed by atoms with E-state index >= 15 is 0 Å². The number of fused-ring (bicyclic) bond motifs is 7. The molecule has 1 atom stereocenters. The minimum absolute atomic E-state index is 0.150. The van der Waals surface area contributed by atoms with Crippen LogP contribution >= 0.6 is 0 Å². The van der Waals surface area contributed by atoms with Gasteiger partial charge >= 0.3 is 0 Å². The van der Waals surface area contributed by atoms with Crippen LogP contribution < -0.4 is 15.5 Å². The van der Waals surface area contributed by atoms with Gasteiger partial charge in [0.05, 0.1) is 17.2 Å². The average molecular weight is 630 g/mol. The first-order valence-corrected chi connectivity index (χ1v) is 17.4. The molecule has 0 amide bonds. The normalized spacial score (nSPS) is 16.9. The van der Waals surface area contributed by atoms with Gasteiger partial charge in [0.25, 0.3) is 0 Å². The Balaban J connectivity index is 1.37. The Hall–Kier alpha value is -5.86. The highest BCUT2D eigenvalue weighted by Crippen LogP contribution is 2.58. The van der Waals surface area contributed by atoms with Crippen LogP contribution in [0.2, 0.25) is 0 Å². The first kappa shape index (κ1) is 28.2. The molecule has 2 heteroatoms. The molecular formula is C47H35NO. The van der Waals surface area contributed by atoms with E-state index in [1.54, 1.807) is 0 Å². The number of furan rings is 1. The van der Waals surface area contributed by atoms with Crippen LogP contribution in [0.1, 0.15) is 53.1 Å². The van der Waals surface area contributed by atoms with Crippen molar-refractivity contribution < 1.29 is 4.42 Å². The highest BCUT2D eigenvalue weighted by molar-refractivity contribution is 5.95. The summed E-state index contributed by atoms with van der Waals surface area (Å²) in [5.41, 5.74) is 14.6. The van der Waals surface area contributed by atoms with Gasteiger partial charge in [0.1, 0.15) is 5.58 Å². The van der Waals surface area contributed by atoms with Gasteiger partial charge < -0.3 is 9.32 Å². The SMILES string of the molecule is C1=Cc2ccccc2C(N(C2=c3oc4ccccc4c3=C(C3(c4ccccc4)c4ccccc4-c4ccccc43)CC2)c2ccccc2)C1. The standard InChI is InChI=1S/C47H35NO/c1-3-18-33(19-4-1)47(39-26-12-9-23-36(39)37-24-10-13-27-40(37)47)41-30-31-43(46-45(41)38-25-11-14-29-44(38)49-46)48(34-20-5-2-6-21-34)42-28-15-17-32-16-7-8-22-35(32)42/h1-27,29,42H,28,30-31H2. The third-order valence-corrected chi connectivity index (χ3v) is 11.0. The lowest BCUT2D eigenvalue weighted by molar-refractivity contribution is 0.555. The summed E-state index contributed by atoms with van der Waals surface area (Å²) < 4.78 is 7.11. The number of hydrogen-bond donors (Lipinski definition) is 0. The maximum absolute atomic E-state index is 7.11. The van der Waals surface area contributed by atoms with Crippen molar-refractivity contribution in [3.05, 3.63) is 202 Å². The molecule has 1 aromatic heterocycles. The largest absolute Gasteiger partial charge is 0.454 e. The van der Waals surface area contributed by atoms with Gasteiger partial charge in [-0.3, -0.25) is 0 Å². The Morgan fingerprint density at radius 3 is 2.00 bits per heavy atom. The molecule has 1 unspecified atom stereocenters. The summed E-state index contributed by atoms with van der Waals surface area (Å²) in [7, 11) is 0. The molecule has 234 valence electrons. The zero-order valence-electron chi connectivity index (χ0n) is 27.2. The second-order valence-electron chi connectivity index (χ2n) is 13.4. The minimum Gasteiger partial charge on any atom is -0.454 e. The van der Waals surface area contributed by atoms with E-state index in [0.29, 0.717) is 0 Å². The summed E-state index contributed by atoms with van der Waals surface area (Å²) in [6, 6.07) is 57.9. The minimum atomic E-state index is -0.459. The van der Waals surface area contributed by atoms with E-state index in [2.05, 4.69) is 175 Å². The highest BCUT2D eigenvalue weighted by atomic mass is 16.3. The Morgan fingerprint density at radius 2 is 1.22 bits per heavy atom. The first-order chi connectivity index (χ1) is 24.3. The zero-order valence-corrected chi connectivity index (χ0v) is 27.2. The monoisotopic (exact) mass is 629 g/mol. The lowest BCUT2D eigenvalue weighted by atomic mass is 9.64. The predicted molar refractivity (Wildman–Crippen MR) is 201 cm³/mol. The van der Waals surface area contributed by atoms with Crippen LogP contribution in [0.4, 0.5) is 5.69 Å². The van der Waals surface area contributed by atoms with Crippen molar-refractivity contribution in [1.29, 1.82) is 0 Å². The Morgan fingerprint density at radius 1 is 0.592 bits per heavy atom. The molecule has 0 fully saturated rings. The van der Waals surface area contributed by atoms with Gasteiger partial charge in [-0.1, -0.05) is 152 Å². The van der Waals surface area contributed by atoms with Crippen LogP contribution in [0.3, 0.4) is 0 Å². The highest BCUT2D eigenvalue weighted by Gasteiger charge is 2.48. The molecule has 0 radical (unpaired) electrons. The van der Waals surface area contributed by atoms with Crippen LogP contribution in [0.25, 0.3) is 39.4 Å². The summed E-state index contributed by atoms with van der Waals surface area (Å²) in [6.45, 7) is 0. The van der Waals surface area contributed by atoms with Crippen LogP contribution in [0.5, 0.6) is 0 Å². The zero-order chi connectivity index (χ0) is 32.4. The van der Waals surface area contributed by atoms with Crippen LogP contribution in [-0.4, -0.2) is 0 Å². The summed E-state index contributed by atoms with van der Waals surface area (Å²) in [4.78, 5) is 2.59. The van der Waals surface area contributed by atoms with Gasteiger partial charge in [-0.15, -0.1) is 0 Å². The van der Waals surface area contributed by atoms with Crippen molar-refractivity contribution in [2.24, 2.45) is 0 Å². The summed E-state index contributed by atoms with van der Waals surface area (Å²) >= 11 is 0. The fourth-order valence-corrected chi connectivity index (χ4v) is 9.14. The molecule has 0 bridgehead atoms. The Labute approximate surface area is 286 Å². The lowest BCUT2D eigenvalue weighted by Crippen LogP contribution is -2.43. The van der Waals surface area contributed by atoms with E-state index in [4.69, 9.17) is 4.42 Å². The fraction of sp³-hybridized carbons (Fsp3) is 0.106. The second-order valence-corrected chi connectivity index (χ2v) is 13.4. The fourth-order valence-electron chi connectivity index (χ4n) is 9.14. The molecule has 7 aromatic rings. The number of benzene rings is 6. The molecule has 3 aliphatic rings. The second kappa shape index (κ2) is 11.1. The van der Waals surface area contributed by atoms with Crippen molar-refractivity contribution in [3.8, 4) is 11.1 Å². The molecular weight excluding hydrogens is 595 g/mol. The van der Waals surface area contributed by atoms with Gasteiger partial charge in [0.2, 0.25) is 0 Å². The summed E-state index contributed by atoms with van der Waals surface area (Å²) in [6.07, 6.45) is 7.30. The Kier molecular flexibility index (Phi) is 6.39. The molecule has 0 saturated carbocycles. The quantitative estimate of drug-likeness (QED) is 0.188. The predicted octanol–water partition coefficient (Wildman–Crippen LogP) is 10.2. The molecule has 49 heavy (non-hydrogen) atoms. The molecule has 3 aliphatic carbocycles. The van der Waals surface area contributed by atoms with E-state index in [1.165, 1.54) is 66.5 Å². The van der Waals surface area contributed by atoms with Crippen molar-refractivity contribution in [2.45, 2.75) is 30.7 Å². The van der Waals surface area contributed by atoms with Gasteiger partial charge in [-0.25, -0.2) is 0 Å². The third kappa shape index (κ3) is 4.07. The average Bonchev–Trinajstić information content (AvgIpc) is 3.71. The van der Waals surface area contributed by atoms with Crippen LogP contribution in [0, 0.1) is 0 Å². The summed E-state index contributed by atoms with van der Waals surface area (Å²) in [5.74, 6) is 0. The molecule has 0 saturated heterocycles. The molecule has 0 aliphatic heterocycles. The van der Waals surface area contributed by atoms with E-state index in [1.807, 2.05) is 0 Å². The molecule has 0 N–H and O–H groups in total. The number of hydrogen-bond acceptors (Lipinski definition) is 2. The van der Waals surface area contributed by atoms with Crippen molar-refractivity contribution in [2.75, 3.05) is 4.90 Å². The first-order valence-electron chi connectivity index (χ1n) is 17.4. The third-order valence-electron chi connectivity index (χ3n) is 11.0. The van der Waals surface area contributed by atoms with Crippen LogP contribution in [0.15, 0.2) is 168 Å². The maximum atomic E-state index is 7.11. The molecule has 6 aromatic carbocycles. The van der Waals surface area contributed by atoms with E-state index < -0.39 is 5.41 Å². The number of anilines is 1. The maximum Gasteiger partial charge on any atom is 0.154 e. The number of rotatable bonds is 5. The van der Waals surface area contributed by atoms with Gasteiger partial charge in [0, 0.05) is 16.3 Å². The molecule has 2 nitrogen and oxygen atoms in total.